The Labute approximate surface area is 131 Å². The maximum Gasteiger partial charge on any atom is 0.408 e. The molecule has 1 aromatic carbocycles. The molecule has 0 radical (unpaired) electrons. The molecule has 0 bridgehead atoms. The Morgan fingerprint density at radius 1 is 1.18 bits per heavy atom. The van der Waals surface area contributed by atoms with Gasteiger partial charge in [0.05, 0.1) is 7.11 Å². The molecule has 1 fully saturated rings. The third kappa shape index (κ3) is 4.76. The van der Waals surface area contributed by atoms with E-state index in [9.17, 15) is 9.59 Å². The number of hydrogen-bond donors (Lipinski definition) is 1. The van der Waals surface area contributed by atoms with Crippen molar-refractivity contribution in [3.05, 3.63) is 35.9 Å². The maximum absolute atomic E-state index is 11.9. The van der Waals surface area contributed by atoms with Crippen molar-refractivity contribution in [3.63, 3.8) is 0 Å². The van der Waals surface area contributed by atoms with Gasteiger partial charge in [0.1, 0.15) is 12.6 Å². The highest BCUT2D eigenvalue weighted by Gasteiger charge is 2.32. The number of benzene rings is 1. The van der Waals surface area contributed by atoms with E-state index in [1.165, 1.54) is 13.5 Å². The van der Waals surface area contributed by atoms with Crippen molar-refractivity contribution < 1.29 is 19.1 Å². The number of ether oxygens (including phenoxy) is 2. The number of methoxy groups -OCH3 is 1. The lowest BCUT2D eigenvalue weighted by Gasteiger charge is -2.28. The number of carbonyl (C=O) groups excluding carboxylic acids is 2. The summed E-state index contributed by atoms with van der Waals surface area (Å²) in [6.45, 7) is 0.186. The zero-order valence-corrected chi connectivity index (χ0v) is 12.9. The molecule has 1 amide bonds. The van der Waals surface area contributed by atoms with Crippen LogP contribution in [-0.2, 0) is 20.9 Å². The smallest absolute Gasteiger partial charge is 0.408 e. The molecule has 0 spiro atoms. The molecule has 120 valence electrons. The largest absolute Gasteiger partial charge is 0.467 e. The fourth-order valence-electron chi connectivity index (χ4n) is 2.86. The minimum absolute atomic E-state index is 0.130. The molecule has 2 rings (SSSR count). The first kappa shape index (κ1) is 16.3. The van der Waals surface area contributed by atoms with Crippen LogP contribution in [0, 0.1) is 5.92 Å². The number of hydrogen-bond acceptors (Lipinski definition) is 4. The van der Waals surface area contributed by atoms with Gasteiger partial charge in [0, 0.05) is 0 Å². The zero-order chi connectivity index (χ0) is 15.8. The van der Waals surface area contributed by atoms with Gasteiger partial charge in [-0.05, 0) is 24.3 Å². The van der Waals surface area contributed by atoms with Crippen molar-refractivity contribution in [3.8, 4) is 0 Å². The Morgan fingerprint density at radius 3 is 2.50 bits per heavy atom. The molecule has 0 aromatic heterocycles. The van der Waals surface area contributed by atoms with E-state index >= 15 is 0 Å². The highest BCUT2D eigenvalue weighted by molar-refractivity contribution is 5.81. The lowest BCUT2D eigenvalue weighted by atomic mass is 9.84. The molecule has 1 aliphatic rings. The molecule has 1 N–H and O–H groups in total. The topological polar surface area (TPSA) is 64.6 Å². The first-order valence-electron chi connectivity index (χ1n) is 7.75. The van der Waals surface area contributed by atoms with Crippen LogP contribution in [0.15, 0.2) is 30.3 Å². The van der Waals surface area contributed by atoms with Crippen LogP contribution in [0.25, 0.3) is 0 Å². The Morgan fingerprint density at radius 2 is 1.86 bits per heavy atom. The second-order valence-corrected chi connectivity index (χ2v) is 5.60. The minimum atomic E-state index is -0.617. The molecular formula is C17H23NO4. The van der Waals surface area contributed by atoms with Crippen LogP contribution in [0.4, 0.5) is 4.79 Å². The van der Waals surface area contributed by atoms with E-state index in [4.69, 9.17) is 9.47 Å². The summed E-state index contributed by atoms with van der Waals surface area (Å²) in [5, 5.41) is 2.67. The predicted octanol–water partition coefficient (Wildman–Crippen LogP) is 3.03. The molecule has 0 aliphatic heterocycles. The zero-order valence-electron chi connectivity index (χ0n) is 12.9. The van der Waals surface area contributed by atoms with Crippen LogP contribution < -0.4 is 5.32 Å². The molecule has 5 heteroatoms. The molecular weight excluding hydrogens is 282 g/mol. The number of esters is 1. The fraction of sp³-hybridized carbons (Fsp3) is 0.529. The Bertz CT molecular complexity index is 483. The van der Waals surface area contributed by atoms with Gasteiger partial charge in [0.2, 0.25) is 0 Å². The fourth-order valence-corrected chi connectivity index (χ4v) is 2.86. The third-order valence-corrected chi connectivity index (χ3v) is 4.06. The van der Waals surface area contributed by atoms with Crippen molar-refractivity contribution in [2.75, 3.05) is 7.11 Å². The second-order valence-electron chi connectivity index (χ2n) is 5.60. The Kier molecular flexibility index (Phi) is 6.25. The van der Waals surface area contributed by atoms with Crippen LogP contribution in [0.1, 0.15) is 37.7 Å². The number of carbonyl (C=O) groups is 2. The van der Waals surface area contributed by atoms with Crippen molar-refractivity contribution in [1.29, 1.82) is 0 Å². The minimum Gasteiger partial charge on any atom is -0.467 e. The van der Waals surface area contributed by atoms with Gasteiger partial charge in [0.15, 0.2) is 0 Å². The van der Waals surface area contributed by atoms with Gasteiger partial charge in [-0.1, -0.05) is 49.6 Å². The lowest BCUT2D eigenvalue weighted by molar-refractivity contribution is -0.144. The van der Waals surface area contributed by atoms with E-state index in [1.807, 2.05) is 30.3 Å². The van der Waals surface area contributed by atoms with Crippen molar-refractivity contribution in [1.82, 2.24) is 5.32 Å². The highest BCUT2D eigenvalue weighted by Crippen LogP contribution is 2.27. The number of amides is 1. The molecule has 1 aliphatic carbocycles. The standard InChI is InChI=1S/C17H23NO4/c1-21-16(19)15(14-10-6-3-7-11-14)18-17(20)22-12-13-8-4-2-5-9-13/h2,4-5,8-9,14-15H,3,6-7,10-12H2,1H3,(H,18,20)/t15-/m1/s1. The van der Waals surface area contributed by atoms with Crippen molar-refractivity contribution in [2.45, 2.75) is 44.8 Å². The number of nitrogens with one attached hydrogen (secondary N) is 1. The maximum atomic E-state index is 11.9. The molecule has 22 heavy (non-hydrogen) atoms. The van der Waals surface area contributed by atoms with Crippen LogP contribution in [-0.4, -0.2) is 25.2 Å². The number of rotatable bonds is 5. The predicted molar refractivity (Wildman–Crippen MR) is 82.1 cm³/mol. The van der Waals surface area contributed by atoms with Gasteiger partial charge < -0.3 is 14.8 Å². The summed E-state index contributed by atoms with van der Waals surface area (Å²) in [5.74, 6) is -0.269. The first-order valence-corrected chi connectivity index (χ1v) is 7.75. The summed E-state index contributed by atoms with van der Waals surface area (Å²) in [7, 11) is 1.34. The van der Waals surface area contributed by atoms with Crippen LogP contribution in [0.2, 0.25) is 0 Å². The summed E-state index contributed by atoms with van der Waals surface area (Å²) in [4.78, 5) is 23.9. The van der Waals surface area contributed by atoms with E-state index in [2.05, 4.69) is 5.32 Å². The molecule has 1 atom stereocenters. The van der Waals surface area contributed by atoms with E-state index in [0.717, 1.165) is 31.2 Å². The van der Waals surface area contributed by atoms with Gasteiger partial charge in [-0.25, -0.2) is 9.59 Å². The van der Waals surface area contributed by atoms with Crippen molar-refractivity contribution in [2.24, 2.45) is 5.92 Å². The summed E-state index contributed by atoms with van der Waals surface area (Å²) >= 11 is 0. The summed E-state index contributed by atoms with van der Waals surface area (Å²) in [6.07, 6.45) is 4.63. The van der Waals surface area contributed by atoms with Gasteiger partial charge in [-0.15, -0.1) is 0 Å². The monoisotopic (exact) mass is 305 g/mol. The van der Waals surface area contributed by atoms with Crippen LogP contribution >= 0.6 is 0 Å². The SMILES string of the molecule is COC(=O)[C@H](NC(=O)OCc1ccccc1)C1CCCCC1. The van der Waals surface area contributed by atoms with E-state index < -0.39 is 18.1 Å². The summed E-state index contributed by atoms with van der Waals surface area (Å²) in [5.41, 5.74) is 0.907. The average Bonchev–Trinajstić information content (AvgIpc) is 2.59. The first-order chi connectivity index (χ1) is 10.7. The van der Waals surface area contributed by atoms with E-state index in [1.54, 1.807) is 0 Å². The van der Waals surface area contributed by atoms with E-state index in [-0.39, 0.29) is 12.5 Å². The molecule has 1 saturated carbocycles. The van der Waals surface area contributed by atoms with Gasteiger partial charge in [0.25, 0.3) is 0 Å². The normalized spacial score (nSPS) is 16.6. The van der Waals surface area contributed by atoms with E-state index in [0.29, 0.717) is 0 Å². The third-order valence-electron chi connectivity index (χ3n) is 4.06. The number of alkyl carbamates (subject to hydrolysis) is 1. The molecule has 5 nitrogen and oxygen atoms in total. The molecule has 0 saturated heterocycles. The summed E-state index contributed by atoms with van der Waals surface area (Å²) < 4.78 is 10.0. The van der Waals surface area contributed by atoms with Crippen LogP contribution in [0.5, 0.6) is 0 Å². The van der Waals surface area contributed by atoms with Gasteiger partial charge >= 0.3 is 12.1 Å². The Balaban J connectivity index is 1.88. The second kappa shape index (κ2) is 8.41. The van der Waals surface area contributed by atoms with Gasteiger partial charge in [-0.3, -0.25) is 0 Å². The molecule has 0 heterocycles. The molecule has 0 unspecified atom stereocenters. The summed E-state index contributed by atoms with van der Waals surface area (Å²) in [6, 6.07) is 8.82. The quantitative estimate of drug-likeness (QED) is 0.849. The lowest BCUT2D eigenvalue weighted by Crippen LogP contribution is -2.47. The van der Waals surface area contributed by atoms with Crippen LogP contribution in [0.3, 0.4) is 0 Å². The van der Waals surface area contributed by atoms with Gasteiger partial charge in [-0.2, -0.15) is 0 Å². The molecule has 1 aromatic rings. The van der Waals surface area contributed by atoms with Crippen molar-refractivity contribution >= 4 is 12.1 Å². The Hall–Kier alpha value is -2.04. The average molecular weight is 305 g/mol. The highest BCUT2D eigenvalue weighted by atomic mass is 16.6.